The molecule has 0 saturated carbocycles. The monoisotopic (exact) mass is 610 g/mol. The first kappa shape index (κ1) is 30.8. The lowest BCUT2D eigenvalue weighted by atomic mass is 9.79. The van der Waals surface area contributed by atoms with E-state index in [4.69, 9.17) is 6.57 Å². The topological polar surface area (TPSA) is 106 Å². The van der Waals surface area contributed by atoms with Crippen LogP contribution in [0.4, 0.5) is 11.4 Å². The Balaban J connectivity index is 1.32. The first-order valence-electron chi connectivity index (χ1n) is 15.7. The number of benzene rings is 2. The van der Waals surface area contributed by atoms with Crippen molar-refractivity contribution >= 4 is 35.0 Å². The summed E-state index contributed by atoms with van der Waals surface area (Å²) in [6, 6.07) is 13.6. The van der Waals surface area contributed by atoms with E-state index in [2.05, 4.69) is 20.4 Å². The summed E-state index contributed by atoms with van der Waals surface area (Å²) >= 11 is 0. The molecule has 10 nitrogen and oxygen atoms in total. The Morgan fingerprint density at radius 2 is 1.49 bits per heavy atom. The van der Waals surface area contributed by atoms with Gasteiger partial charge in [-0.3, -0.25) is 33.8 Å². The van der Waals surface area contributed by atoms with Crippen LogP contribution in [0.2, 0.25) is 0 Å². The summed E-state index contributed by atoms with van der Waals surface area (Å²) in [6.07, 6.45) is 0.0444. The maximum absolute atomic E-state index is 14.6. The lowest BCUT2D eigenvalue weighted by Gasteiger charge is -2.37. The van der Waals surface area contributed by atoms with Crippen molar-refractivity contribution in [3.05, 3.63) is 71.1 Å². The smallest absolute Gasteiger partial charge is 0.302 e. The van der Waals surface area contributed by atoms with E-state index in [0.717, 1.165) is 16.8 Å². The molecular formula is C35H42N6O4. The second kappa shape index (κ2) is 10.7. The number of amides is 4. The third-order valence-corrected chi connectivity index (χ3v) is 10.3. The molecule has 4 aliphatic heterocycles. The summed E-state index contributed by atoms with van der Waals surface area (Å²) in [5.41, 5.74) is 1.00. The van der Waals surface area contributed by atoms with Gasteiger partial charge in [0.1, 0.15) is 11.5 Å². The number of anilines is 2. The van der Waals surface area contributed by atoms with Gasteiger partial charge in [0.15, 0.2) is 0 Å². The fourth-order valence-corrected chi connectivity index (χ4v) is 7.94. The number of rotatable bonds is 5. The maximum atomic E-state index is 14.6. The Bertz CT molecular complexity index is 1620. The third kappa shape index (κ3) is 4.80. The molecule has 0 unspecified atom stereocenters. The molecule has 2 saturated heterocycles. The number of hydrogen-bond acceptors (Lipinski definition) is 5. The summed E-state index contributed by atoms with van der Waals surface area (Å²) in [5.74, 6) is -0.864. The molecule has 45 heavy (non-hydrogen) atoms. The highest BCUT2D eigenvalue weighted by Gasteiger charge is 2.60. The summed E-state index contributed by atoms with van der Waals surface area (Å²) in [7, 11) is 1.67. The Morgan fingerprint density at radius 1 is 0.956 bits per heavy atom. The Labute approximate surface area is 264 Å². The minimum atomic E-state index is -1.01. The first-order chi connectivity index (χ1) is 21.2. The number of nitrogens with one attached hydrogen (secondary N) is 2. The van der Waals surface area contributed by atoms with Crippen LogP contribution in [-0.4, -0.2) is 82.8 Å². The highest BCUT2D eigenvalue weighted by atomic mass is 16.2. The van der Waals surface area contributed by atoms with Gasteiger partial charge < -0.3 is 15.5 Å². The summed E-state index contributed by atoms with van der Waals surface area (Å²) < 4.78 is 0. The summed E-state index contributed by atoms with van der Waals surface area (Å²) in [6.45, 7) is 18.6. The normalized spacial score (nSPS) is 27.8. The van der Waals surface area contributed by atoms with Gasteiger partial charge in [-0.25, -0.2) is 6.57 Å². The van der Waals surface area contributed by atoms with Crippen molar-refractivity contribution in [2.75, 3.05) is 30.8 Å². The van der Waals surface area contributed by atoms with E-state index in [-0.39, 0.29) is 48.1 Å². The van der Waals surface area contributed by atoms with Crippen LogP contribution < -0.4 is 10.6 Å². The summed E-state index contributed by atoms with van der Waals surface area (Å²) in [5, 5.41) is 5.97. The van der Waals surface area contributed by atoms with Gasteiger partial charge in [-0.15, -0.1) is 0 Å². The van der Waals surface area contributed by atoms with Crippen molar-refractivity contribution in [3.8, 4) is 0 Å². The average Bonchev–Trinajstić information content (AvgIpc) is 3.73. The number of para-hydroxylation sites is 2. The van der Waals surface area contributed by atoms with Crippen molar-refractivity contribution < 1.29 is 19.2 Å². The van der Waals surface area contributed by atoms with Crippen LogP contribution in [0.3, 0.4) is 0 Å². The molecule has 2 N–H and O–H groups in total. The molecule has 5 atom stereocenters. The van der Waals surface area contributed by atoms with E-state index in [1.807, 2.05) is 83.1 Å². The van der Waals surface area contributed by atoms with E-state index in [1.54, 1.807) is 11.9 Å². The average molecular weight is 611 g/mol. The molecule has 2 spiro atoms. The van der Waals surface area contributed by atoms with Gasteiger partial charge in [0.25, 0.3) is 5.91 Å². The molecule has 0 radical (unpaired) electrons. The van der Waals surface area contributed by atoms with Gasteiger partial charge >= 0.3 is 6.17 Å². The zero-order valence-electron chi connectivity index (χ0n) is 26.9. The molecule has 2 fully saturated rings. The second-order valence-electron chi connectivity index (χ2n) is 14.7. The van der Waals surface area contributed by atoms with Crippen molar-refractivity contribution in [1.29, 1.82) is 0 Å². The number of likely N-dealkylation sites (N-methyl/N-ethyl adjacent to an activating group) is 1. The van der Waals surface area contributed by atoms with Crippen LogP contribution in [0, 0.1) is 12.0 Å². The standard InChI is InChI=1S/C35H42N6O4/c1-21(2)40-19-34(22-12-8-10-14-24(22)37-31(34)44)17-27(40)29(42)39(7)26(16-33(3,4)5)30(43)41-20-35(18-28(41)36-6)23-13-9-11-15-25(23)38-32(35)45/h8-15,21,26-28H,16-20H2,1-5,7H3,(H,37,44)(H,38,45)/t26-,27-,28-,34-,35-/m0/s1. The van der Waals surface area contributed by atoms with Crippen molar-refractivity contribution in [1.82, 2.24) is 14.7 Å². The van der Waals surface area contributed by atoms with E-state index < -0.39 is 29.1 Å². The zero-order chi connectivity index (χ0) is 32.5. The highest BCUT2D eigenvalue weighted by Crippen LogP contribution is 2.49. The van der Waals surface area contributed by atoms with Crippen LogP contribution in [-0.2, 0) is 30.0 Å². The van der Waals surface area contributed by atoms with Crippen LogP contribution >= 0.6 is 0 Å². The molecule has 6 rings (SSSR count). The number of carbonyl (C=O) groups excluding carboxylic acids is 4. The molecule has 2 aromatic rings. The van der Waals surface area contributed by atoms with Crippen molar-refractivity contribution in [2.45, 2.75) is 89.0 Å². The number of fused-ring (bicyclic) bond motifs is 4. The van der Waals surface area contributed by atoms with Gasteiger partial charge in [0.2, 0.25) is 17.7 Å². The molecule has 4 amide bonds. The predicted molar refractivity (Wildman–Crippen MR) is 171 cm³/mol. The molecule has 236 valence electrons. The number of carbonyl (C=O) groups is 4. The Morgan fingerprint density at radius 3 is 2.00 bits per heavy atom. The quantitative estimate of drug-likeness (QED) is 0.498. The second-order valence-corrected chi connectivity index (χ2v) is 14.7. The summed E-state index contributed by atoms with van der Waals surface area (Å²) in [4.78, 5) is 64.9. The molecule has 0 aliphatic carbocycles. The largest absolute Gasteiger partial charge is 0.332 e. The molecule has 0 aromatic heterocycles. The SMILES string of the molecule is [C-]#[N+][C@@H]1C[C@@]2(CN1C(=O)[C@H](CC(C)(C)C)N(C)C(=O)[C@@H]1C[C@@]3(CN1C(C)C)C(=O)Nc1ccccc13)C(=O)Nc1ccccc12. The number of likely N-dealkylation sites (tertiary alicyclic amines) is 2. The molecule has 4 aliphatic rings. The van der Waals surface area contributed by atoms with Gasteiger partial charge in [0.05, 0.1) is 17.9 Å². The lowest BCUT2D eigenvalue weighted by Crippen LogP contribution is -2.56. The molecule has 4 heterocycles. The lowest BCUT2D eigenvalue weighted by molar-refractivity contribution is -0.148. The highest BCUT2D eigenvalue weighted by molar-refractivity contribution is 6.08. The van der Waals surface area contributed by atoms with Gasteiger partial charge in [-0.05, 0) is 55.4 Å². The number of nitrogens with zero attached hydrogens (tertiary/aromatic N) is 4. The van der Waals surface area contributed by atoms with Crippen LogP contribution in [0.15, 0.2) is 48.5 Å². The van der Waals surface area contributed by atoms with E-state index in [1.165, 1.54) is 4.90 Å². The van der Waals surface area contributed by atoms with E-state index in [0.29, 0.717) is 25.1 Å². The van der Waals surface area contributed by atoms with Gasteiger partial charge in [-0.1, -0.05) is 57.2 Å². The van der Waals surface area contributed by atoms with E-state index >= 15 is 0 Å². The van der Waals surface area contributed by atoms with Crippen LogP contribution in [0.5, 0.6) is 0 Å². The molecule has 2 aromatic carbocycles. The molecule has 0 bridgehead atoms. The van der Waals surface area contributed by atoms with Gasteiger partial charge in [0, 0.05) is 37.6 Å². The predicted octanol–water partition coefficient (Wildman–Crippen LogP) is 3.99. The molecular weight excluding hydrogens is 568 g/mol. The van der Waals surface area contributed by atoms with Crippen LogP contribution in [0.25, 0.3) is 4.85 Å². The fourth-order valence-electron chi connectivity index (χ4n) is 7.94. The van der Waals surface area contributed by atoms with Crippen LogP contribution in [0.1, 0.15) is 65.0 Å². The zero-order valence-corrected chi connectivity index (χ0v) is 26.9. The third-order valence-electron chi connectivity index (χ3n) is 10.3. The minimum absolute atomic E-state index is 0.0186. The first-order valence-corrected chi connectivity index (χ1v) is 15.7. The van der Waals surface area contributed by atoms with Crippen molar-refractivity contribution in [3.63, 3.8) is 0 Å². The van der Waals surface area contributed by atoms with Crippen molar-refractivity contribution in [2.24, 2.45) is 5.41 Å². The fraction of sp³-hybridized carbons (Fsp3) is 0.514. The number of hydrogen-bond donors (Lipinski definition) is 2. The Kier molecular flexibility index (Phi) is 7.31. The Hall–Kier alpha value is -4.23. The van der Waals surface area contributed by atoms with Gasteiger partial charge in [-0.2, -0.15) is 0 Å². The minimum Gasteiger partial charge on any atom is -0.332 e. The van der Waals surface area contributed by atoms with E-state index in [9.17, 15) is 19.2 Å². The molecule has 10 heteroatoms. The maximum Gasteiger partial charge on any atom is 0.302 e.